The van der Waals surface area contributed by atoms with E-state index in [1.54, 1.807) is 52.0 Å². The molecule has 6 nitrogen and oxygen atoms in total. The molecule has 1 aromatic rings. The fraction of sp³-hybridized carbons (Fsp3) is 0.579. The summed E-state index contributed by atoms with van der Waals surface area (Å²) in [6, 6.07) is 6.26. The lowest BCUT2D eigenvalue weighted by Gasteiger charge is -2.45. The molecular weight excluding hydrogens is 356 g/mol. The highest BCUT2D eigenvalue weighted by molar-refractivity contribution is 6.30. The monoisotopic (exact) mass is 382 g/mol. The SMILES string of the molecule is CCC(=O)NC1CN(C(=O)OC(C)(C)C)CCC1(O)c1ccc(Cl)cc1. The van der Waals surface area contributed by atoms with Gasteiger partial charge in [0, 0.05) is 31.0 Å². The molecule has 0 radical (unpaired) electrons. The number of carbonyl (C=O) groups excluding carboxylic acids is 2. The summed E-state index contributed by atoms with van der Waals surface area (Å²) in [7, 11) is 0. The van der Waals surface area contributed by atoms with Gasteiger partial charge in [-0.05, 0) is 38.5 Å². The van der Waals surface area contributed by atoms with E-state index in [9.17, 15) is 14.7 Å². The van der Waals surface area contributed by atoms with E-state index in [1.165, 1.54) is 4.90 Å². The summed E-state index contributed by atoms with van der Waals surface area (Å²) >= 11 is 5.94. The molecule has 144 valence electrons. The molecule has 0 aliphatic carbocycles. The third kappa shape index (κ3) is 4.89. The van der Waals surface area contributed by atoms with Crippen molar-refractivity contribution in [2.45, 2.75) is 57.8 Å². The first-order chi connectivity index (χ1) is 12.0. The molecule has 1 fully saturated rings. The minimum Gasteiger partial charge on any atom is -0.444 e. The number of likely N-dealkylation sites (tertiary alicyclic amines) is 1. The predicted molar refractivity (Wildman–Crippen MR) is 100.0 cm³/mol. The zero-order chi connectivity index (χ0) is 19.5. The van der Waals surface area contributed by atoms with E-state index in [0.717, 1.165) is 0 Å². The highest BCUT2D eigenvalue weighted by atomic mass is 35.5. The quantitative estimate of drug-likeness (QED) is 0.842. The Morgan fingerprint density at radius 2 is 1.96 bits per heavy atom. The summed E-state index contributed by atoms with van der Waals surface area (Å²) in [6.07, 6.45) is 0.119. The van der Waals surface area contributed by atoms with Crippen LogP contribution in [0.15, 0.2) is 24.3 Å². The molecule has 7 heteroatoms. The molecule has 1 saturated heterocycles. The maximum absolute atomic E-state index is 12.4. The van der Waals surface area contributed by atoms with Crippen LogP contribution >= 0.6 is 11.6 Å². The van der Waals surface area contributed by atoms with Crippen LogP contribution in [-0.2, 0) is 15.1 Å². The molecule has 2 rings (SSSR count). The summed E-state index contributed by atoms with van der Waals surface area (Å²) in [5, 5.41) is 14.7. The van der Waals surface area contributed by atoms with Crippen LogP contribution in [0.4, 0.5) is 4.79 Å². The molecule has 0 saturated carbocycles. The van der Waals surface area contributed by atoms with Crippen LogP contribution in [0.2, 0.25) is 5.02 Å². The minimum absolute atomic E-state index is 0.166. The van der Waals surface area contributed by atoms with Gasteiger partial charge in [-0.15, -0.1) is 0 Å². The van der Waals surface area contributed by atoms with Crippen molar-refractivity contribution in [2.24, 2.45) is 0 Å². The van der Waals surface area contributed by atoms with Crippen LogP contribution in [0.1, 0.15) is 46.1 Å². The zero-order valence-corrected chi connectivity index (χ0v) is 16.5. The number of nitrogens with zero attached hydrogens (tertiary/aromatic N) is 1. The average molecular weight is 383 g/mol. The van der Waals surface area contributed by atoms with E-state index >= 15 is 0 Å². The van der Waals surface area contributed by atoms with Crippen molar-refractivity contribution in [3.05, 3.63) is 34.9 Å². The topological polar surface area (TPSA) is 78.9 Å². The van der Waals surface area contributed by atoms with Gasteiger partial charge in [0.1, 0.15) is 11.2 Å². The number of hydrogen-bond acceptors (Lipinski definition) is 4. The van der Waals surface area contributed by atoms with Crippen molar-refractivity contribution in [1.82, 2.24) is 10.2 Å². The fourth-order valence-electron chi connectivity index (χ4n) is 2.98. The molecule has 1 aliphatic rings. The van der Waals surface area contributed by atoms with Gasteiger partial charge in [0.2, 0.25) is 5.91 Å². The van der Waals surface area contributed by atoms with Gasteiger partial charge >= 0.3 is 6.09 Å². The second kappa shape index (κ2) is 7.84. The maximum atomic E-state index is 12.4. The van der Waals surface area contributed by atoms with E-state index in [0.29, 0.717) is 23.6 Å². The number of hydrogen-bond donors (Lipinski definition) is 2. The predicted octanol–water partition coefficient (Wildman–Crippen LogP) is 3.06. The molecule has 2 unspecified atom stereocenters. The van der Waals surface area contributed by atoms with E-state index in [4.69, 9.17) is 16.3 Å². The van der Waals surface area contributed by atoms with E-state index in [1.807, 2.05) is 0 Å². The van der Waals surface area contributed by atoms with Crippen LogP contribution in [0.25, 0.3) is 0 Å². The molecule has 0 bridgehead atoms. The minimum atomic E-state index is -1.28. The summed E-state index contributed by atoms with van der Waals surface area (Å²) in [4.78, 5) is 25.9. The highest BCUT2D eigenvalue weighted by Gasteiger charge is 2.45. The molecule has 1 heterocycles. The van der Waals surface area contributed by atoms with E-state index in [2.05, 4.69) is 5.32 Å². The lowest BCUT2D eigenvalue weighted by molar-refractivity contribution is -0.126. The normalized spacial score (nSPS) is 23.5. The summed E-state index contributed by atoms with van der Waals surface area (Å²) in [5.74, 6) is -0.187. The molecule has 1 aromatic carbocycles. The maximum Gasteiger partial charge on any atom is 0.410 e. The van der Waals surface area contributed by atoms with Crippen molar-refractivity contribution in [2.75, 3.05) is 13.1 Å². The molecule has 26 heavy (non-hydrogen) atoms. The van der Waals surface area contributed by atoms with Crippen molar-refractivity contribution in [3.8, 4) is 0 Å². The number of ether oxygens (including phenoxy) is 1. The van der Waals surface area contributed by atoms with Gasteiger partial charge in [-0.2, -0.15) is 0 Å². The van der Waals surface area contributed by atoms with Crippen LogP contribution < -0.4 is 5.32 Å². The molecule has 2 amide bonds. The first-order valence-electron chi connectivity index (χ1n) is 8.81. The number of benzene rings is 1. The number of aliphatic hydroxyl groups is 1. The molecule has 0 spiro atoms. The zero-order valence-electron chi connectivity index (χ0n) is 15.7. The largest absolute Gasteiger partial charge is 0.444 e. The van der Waals surface area contributed by atoms with Crippen molar-refractivity contribution in [1.29, 1.82) is 0 Å². The Hall–Kier alpha value is -1.79. The lowest BCUT2D eigenvalue weighted by Crippen LogP contribution is -2.62. The number of halogens is 1. The second-order valence-corrected chi connectivity index (χ2v) is 8.02. The molecular formula is C19H27ClN2O4. The standard InChI is InChI=1S/C19H27ClN2O4/c1-5-16(23)21-15-12-22(17(24)26-18(2,3)4)11-10-19(15,25)13-6-8-14(20)9-7-13/h6-9,15,25H,5,10-12H2,1-4H3,(H,21,23). The van der Waals surface area contributed by atoms with Gasteiger partial charge in [0.05, 0.1) is 6.04 Å². The highest BCUT2D eigenvalue weighted by Crippen LogP contribution is 2.34. The first-order valence-corrected chi connectivity index (χ1v) is 9.18. The summed E-state index contributed by atoms with van der Waals surface area (Å²) in [6.45, 7) is 7.64. The fourth-order valence-corrected chi connectivity index (χ4v) is 3.11. The van der Waals surface area contributed by atoms with Gasteiger partial charge < -0.3 is 20.1 Å². The van der Waals surface area contributed by atoms with Gasteiger partial charge in [-0.3, -0.25) is 4.79 Å². The molecule has 0 aromatic heterocycles. The van der Waals surface area contributed by atoms with Gasteiger partial charge in [-0.25, -0.2) is 4.79 Å². The lowest BCUT2D eigenvalue weighted by atomic mass is 9.80. The Kier molecular flexibility index (Phi) is 6.19. The number of nitrogens with one attached hydrogen (secondary N) is 1. The van der Waals surface area contributed by atoms with Crippen LogP contribution in [-0.4, -0.2) is 46.7 Å². The molecule has 2 N–H and O–H groups in total. The Bertz CT molecular complexity index is 656. The summed E-state index contributed by atoms with van der Waals surface area (Å²) < 4.78 is 5.42. The van der Waals surface area contributed by atoms with Gasteiger partial charge in [-0.1, -0.05) is 30.7 Å². The third-order valence-electron chi connectivity index (χ3n) is 4.39. The smallest absolute Gasteiger partial charge is 0.410 e. The first kappa shape index (κ1) is 20.5. The Morgan fingerprint density at radius 3 is 2.50 bits per heavy atom. The Labute approximate surface area is 159 Å². The van der Waals surface area contributed by atoms with Crippen LogP contribution in [0.3, 0.4) is 0 Å². The van der Waals surface area contributed by atoms with Gasteiger partial charge in [0.25, 0.3) is 0 Å². The van der Waals surface area contributed by atoms with Crippen molar-refractivity contribution >= 4 is 23.6 Å². The number of amides is 2. The van der Waals surface area contributed by atoms with E-state index in [-0.39, 0.29) is 18.9 Å². The van der Waals surface area contributed by atoms with Crippen molar-refractivity contribution in [3.63, 3.8) is 0 Å². The van der Waals surface area contributed by atoms with E-state index < -0.39 is 23.3 Å². The molecule has 1 aliphatic heterocycles. The van der Waals surface area contributed by atoms with Crippen molar-refractivity contribution < 1.29 is 19.4 Å². The van der Waals surface area contributed by atoms with Gasteiger partial charge in [0.15, 0.2) is 0 Å². The second-order valence-electron chi connectivity index (χ2n) is 7.58. The van der Waals surface area contributed by atoms with Crippen LogP contribution in [0.5, 0.6) is 0 Å². The number of rotatable bonds is 3. The summed E-state index contributed by atoms with van der Waals surface area (Å²) in [5.41, 5.74) is -1.23. The Balaban J connectivity index is 2.25. The number of piperidine rings is 1. The molecule has 2 atom stereocenters. The van der Waals surface area contributed by atoms with Crippen LogP contribution in [0, 0.1) is 0 Å². The average Bonchev–Trinajstić information content (AvgIpc) is 2.55. The Morgan fingerprint density at radius 1 is 1.35 bits per heavy atom. The third-order valence-corrected chi connectivity index (χ3v) is 4.65. The number of carbonyl (C=O) groups is 2.